The van der Waals surface area contributed by atoms with Crippen molar-refractivity contribution < 1.29 is 13.5 Å². The molecule has 3 rings (SSSR count). The van der Waals surface area contributed by atoms with E-state index in [2.05, 4.69) is 10.3 Å². The molecule has 6 heteroatoms. The molecule has 0 saturated heterocycles. The molecule has 0 radical (unpaired) electrons. The summed E-state index contributed by atoms with van der Waals surface area (Å²) in [5.74, 6) is 0.479. The molecule has 3 aromatic rings. The Morgan fingerprint density at radius 2 is 1.95 bits per heavy atom. The van der Waals surface area contributed by atoms with Crippen LogP contribution in [0, 0.1) is 0 Å². The molecule has 1 N–H and O–H groups in total. The summed E-state index contributed by atoms with van der Waals surface area (Å²) in [7, 11) is 0. The lowest BCUT2D eigenvalue weighted by Crippen LogP contribution is -2.02. The summed E-state index contributed by atoms with van der Waals surface area (Å²) in [5, 5.41) is 2.98. The van der Waals surface area contributed by atoms with Crippen molar-refractivity contribution in [3.63, 3.8) is 0 Å². The number of rotatable bonds is 6. The predicted octanol–water partition coefficient (Wildman–Crippen LogP) is 3.69. The minimum Gasteiger partial charge on any atom is -0.463 e. The molecule has 0 atom stereocenters. The number of alkyl halides is 2. The highest BCUT2D eigenvalue weighted by atomic mass is 19.1. The van der Waals surface area contributed by atoms with Gasteiger partial charge in [-0.3, -0.25) is 0 Å². The molecule has 0 aliphatic rings. The van der Waals surface area contributed by atoms with Crippen molar-refractivity contribution in [2.24, 2.45) is 0 Å². The summed E-state index contributed by atoms with van der Waals surface area (Å²) in [4.78, 5) is 4.54. The predicted molar refractivity (Wildman–Crippen MR) is 81.7 cm³/mol. The number of hydrogen-bond acceptors (Lipinski definition) is 3. The fraction of sp³-hybridized carbons (Fsp3) is 0.188. The SMILES string of the molecule is FCCNc1ccn2cc(-c3ccc(OCF)cc3)nc2c1. The van der Waals surface area contributed by atoms with E-state index in [9.17, 15) is 8.78 Å². The number of imidazole rings is 1. The molecule has 2 heterocycles. The van der Waals surface area contributed by atoms with Crippen LogP contribution < -0.4 is 10.1 Å². The summed E-state index contributed by atoms with van der Waals surface area (Å²) < 4.78 is 31.0. The van der Waals surface area contributed by atoms with E-state index >= 15 is 0 Å². The Hall–Kier alpha value is -2.63. The number of anilines is 1. The summed E-state index contributed by atoms with van der Waals surface area (Å²) in [6.45, 7) is -0.986. The third-order valence-electron chi connectivity index (χ3n) is 3.26. The van der Waals surface area contributed by atoms with E-state index in [4.69, 9.17) is 4.74 Å². The third-order valence-corrected chi connectivity index (χ3v) is 3.26. The van der Waals surface area contributed by atoms with Crippen LogP contribution in [0.3, 0.4) is 0 Å². The van der Waals surface area contributed by atoms with Crippen LogP contribution in [0.2, 0.25) is 0 Å². The Bertz CT molecular complexity index is 756. The van der Waals surface area contributed by atoms with E-state index in [1.54, 1.807) is 12.1 Å². The zero-order valence-corrected chi connectivity index (χ0v) is 11.8. The fourth-order valence-corrected chi connectivity index (χ4v) is 2.21. The van der Waals surface area contributed by atoms with Gasteiger partial charge in [0.2, 0.25) is 6.86 Å². The molecule has 4 nitrogen and oxygen atoms in total. The summed E-state index contributed by atoms with van der Waals surface area (Å²) in [6.07, 6.45) is 3.77. The first-order valence-corrected chi connectivity index (χ1v) is 6.88. The van der Waals surface area contributed by atoms with Gasteiger partial charge in [0, 0.05) is 36.3 Å². The number of fused-ring (bicyclic) bond motifs is 1. The number of aromatic nitrogens is 2. The number of hydrogen-bond donors (Lipinski definition) is 1. The Kier molecular flexibility index (Phi) is 4.18. The maximum Gasteiger partial charge on any atom is 0.228 e. The Morgan fingerprint density at radius 1 is 1.14 bits per heavy atom. The smallest absolute Gasteiger partial charge is 0.228 e. The average molecular weight is 303 g/mol. The van der Waals surface area contributed by atoms with Crippen molar-refractivity contribution in [2.75, 3.05) is 25.4 Å². The van der Waals surface area contributed by atoms with Gasteiger partial charge in [0.15, 0.2) is 0 Å². The molecule has 2 aromatic heterocycles. The van der Waals surface area contributed by atoms with E-state index < -0.39 is 13.5 Å². The minimum atomic E-state index is -0.845. The van der Waals surface area contributed by atoms with Crippen molar-refractivity contribution >= 4 is 11.3 Å². The van der Waals surface area contributed by atoms with Crippen molar-refractivity contribution in [1.29, 1.82) is 0 Å². The number of benzene rings is 1. The molecule has 0 unspecified atom stereocenters. The quantitative estimate of drug-likeness (QED) is 0.755. The molecular formula is C16H15F2N3O. The monoisotopic (exact) mass is 303 g/mol. The zero-order chi connectivity index (χ0) is 15.4. The summed E-state index contributed by atoms with van der Waals surface area (Å²) in [5.41, 5.74) is 3.31. The molecule has 22 heavy (non-hydrogen) atoms. The van der Waals surface area contributed by atoms with Crippen LogP contribution in [0.4, 0.5) is 14.5 Å². The first kappa shape index (κ1) is 14.3. The van der Waals surface area contributed by atoms with E-state index in [0.717, 1.165) is 22.6 Å². The average Bonchev–Trinajstić information content (AvgIpc) is 2.97. The van der Waals surface area contributed by atoms with Gasteiger partial charge in [-0.15, -0.1) is 0 Å². The van der Waals surface area contributed by atoms with Crippen LogP contribution in [-0.2, 0) is 0 Å². The summed E-state index contributed by atoms with van der Waals surface area (Å²) >= 11 is 0. The first-order valence-electron chi connectivity index (χ1n) is 6.88. The van der Waals surface area contributed by atoms with Crippen molar-refractivity contribution in [1.82, 2.24) is 9.38 Å². The van der Waals surface area contributed by atoms with E-state index in [1.165, 1.54) is 0 Å². The highest BCUT2D eigenvalue weighted by Crippen LogP contribution is 2.23. The molecule has 1 aromatic carbocycles. The van der Waals surface area contributed by atoms with Crippen molar-refractivity contribution in [2.45, 2.75) is 0 Å². The first-order chi connectivity index (χ1) is 10.8. The second kappa shape index (κ2) is 6.43. The van der Waals surface area contributed by atoms with Crippen LogP contribution in [0.15, 0.2) is 48.8 Å². The number of pyridine rings is 1. The van der Waals surface area contributed by atoms with Gasteiger partial charge < -0.3 is 14.5 Å². The Balaban J connectivity index is 1.87. The lowest BCUT2D eigenvalue weighted by atomic mass is 10.2. The molecule has 0 fully saturated rings. The molecule has 114 valence electrons. The second-order valence-corrected chi connectivity index (χ2v) is 4.70. The van der Waals surface area contributed by atoms with Gasteiger partial charge in [0.25, 0.3) is 0 Å². The van der Waals surface area contributed by atoms with E-state index in [-0.39, 0.29) is 6.54 Å². The normalized spacial score (nSPS) is 10.8. The topological polar surface area (TPSA) is 38.6 Å². The van der Waals surface area contributed by atoms with Gasteiger partial charge in [-0.2, -0.15) is 0 Å². The van der Waals surface area contributed by atoms with Gasteiger partial charge in [-0.05, 0) is 30.3 Å². The summed E-state index contributed by atoms with van der Waals surface area (Å²) in [6, 6.07) is 10.8. The lowest BCUT2D eigenvalue weighted by molar-refractivity contribution is 0.192. The lowest BCUT2D eigenvalue weighted by Gasteiger charge is -2.03. The number of halogens is 2. The van der Waals surface area contributed by atoms with Crippen molar-refractivity contribution in [3.05, 3.63) is 48.8 Å². The minimum absolute atomic E-state index is 0.278. The van der Waals surface area contributed by atoms with Gasteiger partial charge >= 0.3 is 0 Å². The Morgan fingerprint density at radius 3 is 2.68 bits per heavy atom. The highest BCUT2D eigenvalue weighted by Gasteiger charge is 2.05. The largest absolute Gasteiger partial charge is 0.463 e. The van der Waals surface area contributed by atoms with Gasteiger partial charge in [-0.1, -0.05) is 0 Å². The van der Waals surface area contributed by atoms with Crippen LogP contribution in [0.25, 0.3) is 16.9 Å². The molecule has 0 amide bonds. The van der Waals surface area contributed by atoms with E-state index in [1.807, 2.05) is 41.1 Å². The number of nitrogens with zero attached hydrogens (tertiary/aromatic N) is 2. The number of nitrogens with one attached hydrogen (secondary N) is 1. The number of ether oxygens (including phenoxy) is 1. The van der Waals surface area contributed by atoms with Crippen LogP contribution >= 0.6 is 0 Å². The maximum absolute atomic E-state index is 12.2. The van der Waals surface area contributed by atoms with E-state index in [0.29, 0.717) is 5.75 Å². The third kappa shape index (κ3) is 3.00. The molecule has 0 saturated carbocycles. The molecule has 0 bridgehead atoms. The van der Waals surface area contributed by atoms with Crippen LogP contribution in [0.5, 0.6) is 5.75 Å². The van der Waals surface area contributed by atoms with Crippen LogP contribution in [0.1, 0.15) is 0 Å². The zero-order valence-electron chi connectivity index (χ0n) is 11.8. The second-order valence-electron chi connectivity index (χ2n) is 4.70. The highest BCUT2D eigenvalue weighted by molar-refractivity contribution is 5.65. The van der Waals surface area contributed by atoms with Crippen LogP contribution in [-0.4, -0.2) is 29.5 Å². The molecule has 0 aliphatic heterocycles. The standard InChI is InChI=1S/C16H15F2N3O/c17-6-7-19-13-5-8-21-10-15(20-16(21)9-13)12-1-3-14(4-2-12)22-11-18/h1-5,8-10,19H,6-7,11H2. The fourth-order valence-electron chi connectivity index (χ4n) is 2.21. The maximum atomic E-state index is 12.2. The Labute approximate surface area is 126 Å². The van der Waals surface area contributed by atoms with Gasteiger partial charge in [0.1, 0.15) is 18.1 Å². The molecule has 0 spiro atoms. The van der Waals surface area contributed by atoms with Gasteiger partial charge in [0.05, 0.1) is 5.69 Å². The van der Waals surface area contributed by atoms with Crippen molar-refractivity contribution in [3.8, 4) is 17.0 Å². The molecular weight excluding hydrogens is 288 g/mol. The van der Waals surface area contributed by atoms with Gasteiger partial charge in [-0.25, -0.2) is 13.8 Å². The molecule has 0 aliphatic carbocycles.